The lowest BCUT2D eigenvalue weighted by Gasteiger charge is -2.09. The van der Waals surface area contributed by atoms with Gasteiger partial charge in [-0.1, -0.05) is 31.2 Å². The Hall–Kier alpha value is -2.69. The summed E-state index contributed by atoms with van der Waals surface area (Å²) < 4.78 is 0. The quantitative estimate of drug-likeness (QED) is 0.839. The van der Waals surface area contributed by atoms with Gasteiger partial charge in [-0.3, -0.25) is 9.59 Å². The monoisotopic (exact) mass is 269 g/mol. The molecule has 0 aliphatic carbocycles. The molecule has 0 aliphatic heterocycles. The highest BCUT2D eigenvalue weighted by molar-refractivity contribution is 6.43. The van der Waals surface area contributed by atoms with E-state index in [1.54, 1.807) is 30.5 Å². The maximum absolute atomic E-state index is 11.8. The van der Waals surface area contributed by atoms with Crippen LogP contribution in [0.1, 0.15) is 12.5 Å². The van der Waals surface area contributed by atoms with Crippen molar-refractivity contribution in [3.63, 3.8) is 0 Å². The minimum absolute atomic E-state index is 0.344. The third-order valence-corrected chi connectivity index (χ3v) is 2.76. The Labute approximate surface area is 117 Å². The number of anilines is 2. The molecule has 0 atom stereocenters. The second kappa shape index (κ2) is 6.47. The third kappa shape index (κ3) is 3.41. The number of rotatable bonds is 3. The highest BCUT2D eigenvalue weighted by Crippen LogP contribution is 2.15. The summed E-state index contributed by atoms with van der Waals surface area (Å²) in [6.07, 6.45) is 2.32. The summed E-state index contributed by atoms with van der Waals surface area (Å²) in [5.74, 6) is -1.11. The molecule has 2 aromatic rings. The molecule has 0 saturated carbocycles. The van der Waals surface area contributed by atoms with E-state index in [1.807, 2.05) is 25.1 Å². The molecule has 0 aliphatic rings. The Morgan fingerprint density at radius 1 is 1.00 bits per heavy atom. The van der Waals surface area contributed by atoms with Crippen molar-refractivity contribution in [2.75, 3.05) is 10.6 Å². The number of para-hydroxylation sites is 1. The molecule has 1 heterocycles. The van der Waals surface area contributed by atoms with Crippen LogP contribution in [0.5, 0.6) is 0 Å². The van der Waals surface area contributed by atoms with Crippen LogP contribution in [-0.2, 0) is 16.0 Å². The Bertz CT molecular complexity index is 612. The van der Waals surface area contributed by atoms with E-state index in [0.29, 0.717) is 11.5 Å². The summed E-state index contributed by atoms with van der Waals surface area (Å²) in [5, 5.41) is 5.04. The van der Waals surface area contributed by atoms with Crippen LogP contribution in [0.25, 0.3) is 0 Å². The SMILES string of the molecule is CCc1ccccc1NC(=O)C(=O)Nc1ccccn1. The van der Waals surface area contributed by atoms with Gasteiger partial charge >= 0.3 is 11.8 Å². The first-order chi connectivity index (χ1) is 9.70. The van der Waals surface area contributed by atoms with Crippen LogP contribution in [0.15, 0.2) is 48.7 Å². The number of nitrogens with one attached hydrogen (secondary N) is 2. The molecule has 0 fully saturated rings. The highest BCUT2D eigenvalue weighted by Gasteiger charge is 2.15. The molecule has 0 saturated heterocycles. The Morgan fingerprint density at radius 3 is 2.40 bits per heavy atom. The predicted octanol–water partition coefficient (Wildman–Crippen LogP) is 2.22. The lowest BCUT2D eigenvalue weighted by molar-refractivity contribution is -0.133. The number of hydrogen-bond acceptors (Lipinski definition) is 3. The normalized spacial score (nSPS) is 9.85. The first-order valence-electron chi connectivity index (χ1n) is 6.32. The number of hydrogen-bond donors (Lipinski definition) is 2. The van der Waals surface area contributed by atoms with Crippen molar-refractivity contribution in [3.8, 4) is 0 Å². The van der Waals surface area contributed by atoms with E-state index < -0.39 is 11.8 Å². The smallest absolute Gasteiger partial charge is 0.315 e. The number of carbonyl (C=O) groups excluding carboxylic acids is 2. The van der Waals surface area contributed by atoms with Gasteiger partial charge in [-0.2, -0.15) is 0 Å². The summed E-state index contributed by atoms with van der Waals surface area (Å²) in [5.41, 5.74) is 1.63. The van der Waals surface area contributed by atoms with Crippen LogP contribution in [-0.4, -0.2) is 16.8 Å². The average Bonchev–Trinajstić information content (AvgIpc) is 2.48. The Kier molecular flexibility index (Phi) is 4.44. The molecular weight excluding hydrogens is 254 g/mol. The van der Waals surface area contributed by atoms with Gasteiger partial charge in [0.15, 0.2) is 0 Å². The maximum Gasteiger partial charge on any atom is 0.315 e. The molecule has 0 bridgehead atoms. The van der Waals surface area contributed by atoms with Gasteiger partial charge in [-0.05, 0) is 30.2 Å². The van der Waals surface area contributed by atoms with Crippen molar-refractivity contribution in [2.45, 2.75) is 13.3 Å². The van der Waals surface area contributed by atoms with Crippen molar-refractivity contribution in [3.05, 3.63) is 54.2 Å². The van der Waals surface area contributed by atoms with E-state index in [-0.39, 0.29) is 0 Å². The van der Waals surface area contributed by atoms with Crippen molar-refractivity contribution in [1.29, 1.82) is 0 Å². The van der Waals surface area contributed by atoms with Gasteiger partial charge in [0.25, 0.3) is 0 Å². The highest BCUT2D eigenvalue weighted by atomic mass is 16.2. The zero-order valence-electron chi connectivity index (χ0n) is 11.1. The second-order valence-corrected chi connectivity index (χ2v) is 4.13. The number of aromatic nitrogens is 1. The molecular formula is C15H15N3O2. The van der Waals surface area contributed by atoms with Crippen molar-refractivity contribution in [2.24, 2.45) is 0 Å². The molecule has 2 N–H and O–H groups in total. The molecule has 2 rings (SSSR count). The first kappa shape index (κ1) is 13.7. The topological polar surface area (TPSA) is 71.1 Å². The van der Waals surface area contributed by atoms with Crippen molar-refractivity contribution >= 4 is 23.3 Å². The minimum Gasteiger partial charge on any atom is -0.318 e. The summed E-state index contributed by atoms with van der Waals surface area (Å²) in [4.78, 5) is 27.5. The molecule has 0 spiro atoms. The molecule has 20 heavy (non-hydrogen) atoms. The zero-order valence-corrected chi connectivity index (χ0v) is 11.1. The number of carbonyl (C=O) groups is 2. The number of pyridine rings is 1. The van der Waals surface area contributed by atoms with Crippen LogP contribution in [0.4, 0.5) is 11.5 Å². The maximum atomic E-state index is 11.8. The lowest BCUT2D eigenvalue weighted by Crippen LogP contribution is -2.29. The number of benzene rings is 1. The minimum atomic E-state index is -0.741. The van der Waals surface area contributed by atoms with E-state index in [9.17, 15) is 9.59 Å². The fourth-order valence-corrected chi connectivity index (χ4v) is 1.74. The fraction of sp³-hybridized carbons (Fsp3) is 0.133. The van der Waals surface area contributed by atoms with E-state index >= 15 is 0 Å². The molecule has 0 unspecified atom stereocenters. The third-order valence-electron chi connectivity index (χ3n) is 2.76. The van der Waals surface area contributed by atoms with E-state index in [4.69, 9.17) is 0 Å². The first-order valence-corrected chi connectivity index (χ1v) is 6.32. The van der Waals surface area contributed by atoms with Gasteiger partial charge in [0.05, 0.1) is 0 Å². The number of aryl methyl sites for hydroxylation is 1. The van der Waals surface area contributed by atoms with Crippen LogP contribution in [0.3, 0.4) is 0 Å². The van der Waals surface area contributed by atoms with Crippen LogP contribution in [0, 0.1) is 0 Å². The van der Waals surface area contributed by atoms with E-state index in [0.717, 1.165) is 12.0 Å². The van der Waals surface area contributed by atoms with Gasteiger partial charge in [-0.15, -0.1) is 0 Å². The van der Waals surface area contributed by atoms with Crippen molar-refractivity contribution < 1.29 is 9.59 Å². The van der Waals surface area contributed by atoms with Gasteiger partial charge in [0.2, 0.25) is 0 Å². The molecule has 5 heteroatoms. The summed E-state index contributed by atoms with van der Waals surface area (Å²) in [7, 11) is 0. The van der Waals surface area contributed by atoms with E-state index in [1.165, 1.54) is 0 Å². The second-order valence-electron chi connectivity index (χ2n) is 4.13. The van der Waals surface area contributed by atoms with Gasteiger partial charge < -0.3 is 10.6 Å². The fourth-order valence-electron chi connectivity index (χ4n) is 1.74. The largest absolute Gasteiger partial charge is 0.318 e. The van der Waals surface area contributed by atoms with Crippen LogP contribution in [0.2, 0.25) is 0 Å². The predicted molar refractivity (Wildman–Crippen MR) is 77.3 cm³/mol. The average molecular weight is 269 g/mol. The van der Waals surface area contributed by atoms with Crippen molar-refractivity contribution in [1.82, 2.24) is 4.98 Å². The molecule has 0 radical (unpaired) electrons. The summed E-state index contributed by atoms with van der Waals surface area (Å²) >= 11 is 0. The van der Waals surface area contributed by atoms with Gasteiger partial charge in [0, 0.05) is 11.9 Å². The van der Waals surface area contributed by atoms with E-state index in [2.05, 4.69) is 15.6 Å². The number of amides is 2. The molecule has 2 amide bonds. The molecule has 102 valence electrons. The van der Waals surface area contributed by atoms with Crippen LogP contribution >= 0.6 is 0 Å². The zero-order chi connectivity index (χ0) is 14.4. The summed E-state index contributed by atoms with van der Waals surface area (Å²) in [6, 6.07) is 12.5. The molecule has 1 aromatic carbocycles. The van der Waals surface area contributed by atoms with Gasteiger partial charge in [0.1, 0.15) is 5.82 Å². The molecule has 5 nitrogen and oxygen atoms in total. The lowest BCUT2D eigenvalue weighted by atomic mass is 10.1. The summed E-state index contributed by atoms with van der Waals surface area (Å²) in [6.45, 7) is 1.99. The van der Waals surface area contributed by atoms with Crippen LogP contribution < -0.4 is 10.6 Å². The Morgan fingerprint density at radius 2 is 1.70 bits per heavy atom. The van der Waals surface area contributed by atoms with Gasteiger partial charge in [-0.25, -0.2) is 4.98 Å². The molecule has 1 aromatic heterocycles. The number of nitrogens with zero attached hydrogens (tertiary/aromatic N) is 1. The Balaban J connectivity index is 2.03. The standard InChI is InChI=1S/C15H15N3O2/c1-2-11-7-3-4-8-12(11)17-14(19)15(20)18-13-9-5-6-10-16-13/h3-10H,2H2,1H3,(H,17,19)(H,16,18,20).